The number of nitrogens with zero attached hydrogens (tertiary/aromatic N) is 2. The number of aliphatic carboxylic acids is 1. The summed E-state index contributed by atoms with van der Waals surface area (Å²) in [6.45, 7) is 3.27. The van der Waals surface area contributed by atoms with Crippen LogP contribution in [0.4, 0.5) is 4.79 Å². The van der Waals surface area contributed by atoms with E-state index in [-0.39, 0.29) is 6.03 Å². The monoisotopic (exact) mass is 269 g/mol. The molecule has 0 aliphatic carbocycles. The fraction of sp³-hybridized carbons (Fsp3) is 0.846. The van der Waals surface area contributed by atoms with Gasteiger partial charge in [-0.05, 0) is 45.2 Å². The summed E-state index contributed by atoms with van der Waals surface area (Å²) < 4.78 is 0. The Hall–Kier alpha value is -1.30. The van der Waals surface area contributed by atoms with Crippen molar-refractivity contribution in [2.24, 2.45) is 5.92 Å². The minimum atomic E-state index is -0.893. The van der Waals surface area contributed by atoms with Gasteiger partial charge in [0.25, 0.3) is 0 Å². The molecule has 2 fully saturated rings. The van der Waals surface area contributed by atoms with Crippen molar-refractivity contribution in [1.29, 1.82) is 0 Å². The molecule has 19 heavy (non-hydrogen) atoms. The molecule has 2 unspecified atom stereocenters. The summed E-state index contributed by atoms with van der Waals surface area (Å²) in [6.07, 6.45) is 3.44. The second-order valence-electron chi connectivity index (χ2n) is 5.65. The lowest BCUT2D eigenvalue weighted by molar-refractivity contribution is -0.143. The van der Waals surface area contributed by atoms with Crippen LogP contribution in [0.25, 0.3) is 0 Å². The van der Waals surface area contributed by atoms with E-state index in [2.05, 4.69) is 17.3 Å². The summed E-state index contributed by atoms with van der Waals surface area (Å²) >= 11 is 0. The summed E-state index contributed by atoms with van der Waals surface area (Å²) in [4.78, 5) is 27.0. The number of amides is 2. The average molecular weight is 269 g/mol. The number of carboxylic acid groups (broad SMARTS) is 1. The van der Waals surface area contributed by atoms with Crippen molar-refractivity contribution in [2.45, 2.75) is 31.7 Å². The van der Waals surface area contributed by atoms with Crippen LogP contribution in [0, 0.1) is 5.92 Å². The van der Waals surface area contributed by atoms with Gasteiger partial charge in [-0.3, -0.25) is 0 Å². The van der Waals surface area contributed by atoms with E-state index in [0.29, 0.717) is 25.4 Å². The lowest BCUT2D eigenvalue weighted by Gasteiger charge is -2.33. The molecule has 0 aromatic heterocycles. The predicted octanol–water partition coefficient (Wildman–Crippen LogP) is 0.587. The molecule has 2 rings (SSSR count). The largest absolute Gasteiger partial charge is 0.480 e. The maximum atomic E-state index is 12.1. The number of piperidine rings is 1. The van der Waals surface area contributed by atoms with Gasteiger partial charge in [0.15, 0.2) is 0 Å². The number of carbonyl (C=O) groups is 2. The van der Waals surface area contributed by atoms with Gasteiger partial charge in [-0.1, -0.05) is 0 Å². The van der Waals surface area contributed by atoms with E-state index in [1.165, 1.54) is 4.90 Å². The molecule has 2 N–H and O–H groups in total. The normalized spacial score (nSPS) is 28.4. The number of carbonyl (C=O) groups excluding carboxylic acids is 1. The number of nitrogens with one attached hydrogen (secondary N) is 1. The Kier molecular flexibility index (Phi) is 4.63. The number of hydrogen-bond donors (Lipinski definition) is 2. The topological polar surface area (TPSA) is 72.9 Å². The molecule has 6 nitrogen and oxygen atoms in total. The van der Waals surface area contributed by atoms with E-state index < -0.39 is 12.0 Å². The quantitative estimate of drug-likeness (QED) is 0.786. The van der Waals surface area contributed by atoms with Crippen LogP contribution >= 0.6 is 0 Å². The van der Waals surface area contributed by atoms with Crippen LogP contribution < -0.4 is 5.32 Å². The van der Waals surface area contributed by atoms with Gasteiger partial charge in [0.2, 0.25) is 0 Å². The molecule has 2 amide bonds. The summed E-state index contributed by atoms with van der Waals surface area (Å²) in [7, 11) is 2.08. The first kappa shape index (κ1) is 14.1. The minimum absolute atomic E-state index is 0.221. The highest BCUT2D eigenvalue weighted by atomic mass is 16.4. The van der Waals surface area contributed by atoms with Crippen molar-refractivity contribution in [2.75, 3.05) is 33.2 Å². The highest BCUT2D eigenvalue weighted by Crippen LogP contribution is 2.18. The van der Waals surface area contributed by atoms with Gasteiger partial charge >= 0.3 is 12.0 Å². The Morgan fingerprint density at radius 3 is 2.68 bits per heavy atom. The Bertz CT molecular complexity index is 348. The van der Waals surface area contributed by atoms with Crippen molar-refractivity contribution in [3.05, 3.63) is 0 Å². The highest BCUT2D eigenvalue weighted by Gasteiger charge is 2.32. The van der Waals surface area contributed by atoms with E-state index in [1.54, 1.807) is 0 Å². The molecule has 2 atom stereocenters. The van der Waals surface area contributed by atoms with Gasteiger partial charge in [0.05, 0.1) is 0 Å². The second-order valence-corrected chi connectivity index (χ2v) is 5.65. The van der Waals surface area contributed by atoms with Crippen LogP contribution in [0.3, 0.4) is 0 Å². The minimum Gasteiger partial charge on any atom is -0.480 e. The second kappa shape index (κ2) is 6.23. The third kappa shape index (κ3) is 3.59. The Morgan fingerprint density at radius 2 is 2.05 bits per heavy atom. The molecule has 0 aromatic carbocycles. The average Bonchev–Trinajstić information content (AvgIpc) is 2.81. The van der Waals surface area contributed by atoms with Gasteiger partial charge in [-0.25, -0.2) is 9.59 Å². The van der Waals surface area contributed by atoms with Crippen LogP contribution in [-0.2, 0) is 4.79 Å². The third-order valence-electron chi connectivity index (χ3n) is 4.08. The predicted molar refractivity (Wildman–Crippen MR) is 71.0 cm³/mol. The summed E-state index contributed by atoms with van der Waals surface area (Å²) in [5, 5.41) is 12.0. The molecule has 0 saturated carbocycles. The van der Waals surface area contributed by atoms with Crippen LogP contribution in [0.2, 0.25) is 0 Å². The number of hydrogen-bond acceptors (Lipinski definition) is 3. The van der Waals surface area contributed by atoms with E-state index >= 15 is 0 Å². The van der Waals surface area contributed by atoms with Gasteiger partial charge in [-0.2, -0.15) is 0 Å². The number of likely N-dealkylation sites (tertiary alicyclic amines) is 2. The van der Waals surface area contributed by atoms with Crippen molar-refractivity contribution < 1.29 is 14.7 Å². The molecule has 2 heterocycles. The number of carboxylic acids is 1. The molecule has 0 bridgehead atoms. The van der Waals surface area contributed by atoms with Crippen molar-refractivity contribution >= 4 is 12.0 Å². The van der Waals surface area contributed by atoms with E-state index in [1.807, 2.05) is 0 Å². The lowest BCUT2D eigenvalue weighted by Crippen LogP contribution is -2.52. The lowest BCUT2D eigenvalue weighted by atomic mass is 10.0. The summed E-state index contributed by atoms with van der Waals surface area (Å²) in [5.74, 6) is -0.405. The maximum absolute atomic E-state index is 12.1. The Labute approximate surface area is 113 Å². The first-order valence-electron chi connectivity index (χ1n) is 7.03. The molecular formula is C13H23N3O3. The highest BCUT2D eigenvalue weighted by molar-refractivity contribution is 5.82. The number of urea groups is 1. The van der Waals surface area contributed by atoms with Crippen LogP contribution in [0.15, 0.2) is 0 Å². The van der Waals surface area contributed by atoms with Gasteiger partial charge in [0.1, 0.15) is 6.04 Å². The molecule has 0 spiro atoms. The van der Waals surface area contributed by atoms with E-state index in [4.69, 9.17) is 5.11 Å². The van der Waals surface area contributed by atoms with E-state index in [0.717, 1.165) is 32.4 Å². The zero-order chi connectivity index (χ0) is 13.8. The first-order chi connectivity index (χ1) is 9.08. The molecule has 0 radical (unpaired) electrons. The van der Waals surface area contributed by atoms with Crippen molar-refractivity contribution in [3.63, 3.8) is 0 Å². The SMILES string of the molecule is CN1CCC(CNC(=O)N2CCCCC2C(=O)O)C1. The standard InChI is InChI=1S/C13H23N3O3/c1-15-7-5-10(9-15)8-14-13(19)16-6-3-2-4-11(16)12(17)18/h10-11H,2-9H2,1H3,(H,14,19)(H,17,18). The zero-order valence-corrected chi connectivity index (χ0v) is 11.5. The summed E-state index contributed by atoms with van der Waals surface area (Å²) in [6, 6.07) is -0.873. The maximum Gasteiger partial charge on any atom is 0.326 e. The van der Waals surface area contributed by atoms with E-state index in [9.17, 15) is 9.59 Å². The van der Waals surface area contributed by atoms with Crippen LogP contribution in [0.5, 0.6) is 0 Å². The van der Waals surface area contributed by atoms with Crippen molar-refractivity contribution in [1.82, 2.24) is 15.1 Å². The van der Waals surface area contributed by atoms with Gasteiger partial charge in [-0.15, -0.1) is 0 Å². The Balaban J connectivity index is 1.82. The van der Waals surface area contributed by atoms with Crippen LogP contribution in [0.1, 0.15) is 25.7 Å². The first-order valence-corrected chi connectivity index (χ1v) is 7.03. The smallest absolute Gasteiger partial charge is 0.326 e. The number of rotatable bonds is 3. The molecule has 108 valence electrons. The molecule has 2 aliphatic rings. The third-order valence-corrected chi connectivity index (χ3v) is 4.08. The summed E-state index contributed by atoms with van der Waals surface area (Å²) in [5.41, 5.74) is 0. The molecule has 6 heteroatoms. The molecule has 0 aromatic rings. The fourth-order valence-corrected chi connectivity index (χ4v) is 2.96. The Morgan fingerprint density at radius 1 is 1.26 bits per heavy atom. The van der Waals surface area contributed by atoms with Crippen LogP contribution in [-0.4, -0.2) is 66.2 Å². The molecule has 2 aliphatic heterocycles. The van der Waals surface area contributed by atoms with Gasteiger partial charge in [0, 0.05) is 19.6 Å². The zero-order valence-electron chi connectivity index (χ0n) is 11.5. The molecular weight excluding hydrogens is 246 g/mol. The fourth-order valence-electron chi connectivity index (χ4n) is 2.96. The molecule has 2 saturated heterocycles. The van der Waals surface area contributed by atoms with Crippen molar-refractivity contribution in [3.8, 4) is 0 Å². The van der Waals surface area contributed by atoms with Gasteiger partial charge < -0.3 is 20.2 Å².